The van der Waals surface area contributed by atoms with Crippen LogP contribution in [-0.2, 0) is 19.4 Å². The van der Waals surface area contributed by atoms with Gasteiger partial charge in [-0.3, -0.25) is 4.79 Å². The molecule has 0 saturated carbocycles. The van der Waals surface area contributed by atoms with E-state index in [0.717, 1.165) is 0 Å². The molecule has 0 unspecified atom stereocenters. The molecule has 0 radical (unpaired) electrons. The normalized spacial score (nSPS) is 18.5. The summed E-state index contributed by atoms with van der Waals surface area (Å²) in [6, 6.07) is 1.33. The summed E-state index contributed by atoms with van der Waals surface area (Å²) in [5, 5.41) is 0.0332. The maximum Gasteiger partial charge on any atom is 0.342 e. The Morgan fingerprint density at radius 1 is 1.37 bits per heavy atom. The van der Waals surface area contributed by atoms with Gasteiger partial charge in [-0.05, 0) is 37.8 Å². The van der Waals surface area contributed by atoms with Crippen LogP contribution in [0.25, 0.3) is 0 Å². The van der Waals surface area contributed by atoms with E-state index >= 15 is 0 Å². The molecular weight excluding hydrogens is 392 g/mol. The SMILES string of the molecule is Cc1cc(C)c(C(=O)OCC(=O)N(CC(C)C)[C@H]2CCS(=O)(=O)C2)c(Cl)n1. The summed E-state index contributed by atoms with van der Waals surface area (Å²) in [4.78, 5) is 30.6. The molecule has 2 heterocycles. The fourth-order valence-corrected chi connectivity index (χ4v) is 5.28. The predicted octanol–water partition coefficient (Wildman–Crippen LogP) is 2.18. The van der Waals surface area contributed by atoms with E-state index in [-0.39, 0.29) is 34.2 Å². The minimum atomic E-state index is -3.13. The minimum absolute atomic E-state index is 0.0332. The number of nitrogens with zero attached hydrogens (tertiary/aromatic N) is 2. The molecule has 1 saturated heterocycles. The molecule has 0 aliphatic carbocycles. The third-order valence-corrected chi connectivity index (χ3v) is 6.39. The molecule has 1 amide bonds. The Bertz CT molecular complexity index is 815. The first kappa shape index (κ1) is 21.6. The second-order valence-electron chi connectivity index (χ2n) is 7.32. The Morgan fingerprint density at radius 3 is 2.56 bits per heavy atom. The summed E-state index contributed by atoms with van der Waals surface area (Å²) in [5.74, 6) is -0.948. The maximum atomic E-state index is 12.6. The number of pyridine rings is 1. The number of amides is 1. The molecule has 0 aromatic carbocycles. The smallest absolute Gasteiger partial charge is 0.342 e. The van der Waals surface area contributed by atoms with Crippen LogP contribution < -0.4 is 0 Å². The van der Waals surface area contributed by atoms with Gasteiger partial charge in [0.1, 0.15) is 5.15 Å². The molecule has 1 aromatic heterocycles. The monoisotopic (exact) mass is 416 g/mol. The van der Waals surface area contributed by atoms with Crippen LogP contribution >= 0.6 is 11.6 Å². The number of halogens is 1. The van der Waals surface area contributed by atoms with Crippen molar-refractivity contribution in [3.05, 3.63) is 28.0 Å². The maximum absolute atomic E-state index is 12.6. The number of hydrogen-bond acceptors (Lipinski definition) is 6. The first-order valence-corrected chi connectivity index (χ1v) is 11.0. The molecule has 1 aliphatic rings. The molecule has 9 heteroatoms. The zero-order valence-corrected chi connectivity index (χ0v) is 17.6. The summed E-state index contributed by atoms with van der Waals surface area (Å²) in [7, 11) is -3.13. The molecule has 0 bridgehead atoms. The van der Waals surface area contributed by atoms with E-state index in [4.69, 9.17) is 16.3 Å². The van der Waals surface area contributed by atoms with Gasteiger partial charge in [0.2, 0.25) is 0 Å². The van der Waals surface area contributed by atoms with Crippen LogP contribution in [-0.4, -0.2) is 60.9 Å². The summed E-state index contributed by atoms with van der Waals surface area (Å²) in [5.41, 5.74) is 1.43. The van der Waals surface area contributed by atoms with E-state index in [1.165, 1.54) is 4.90 Å². The standard InChI is InChI=1S/C18H25ClN2O5S/c1-11(2)8-21(14-5-6-27(24,25)10-14)15(22)9-26-18(23)16-12(3)7-13(4)20-17(16)19/h7,11,14H,5-6,8-10H2,1-4H3/t14-/m0/s1. The number of aromatic nitrogens is 1. The van der Waals surface area contributed by atoms with Gasteiger partial charge < -0.3 is 9.64 Å². The Morgan fingerprint density at radius 2 is 2.04 bits per heavy atom. The lowest BCUT2D eigenvalue weighted by molar-refractivity contribution is -0.137. The van der Waals surface area contributed by atoms with Crippen molar-refractivity contribution < 1.29 is 22.7 Å². The van der Waals surface area contributed by atoms with E-state index in [9.17, 15) is 18.0 Å². The van der Waals surface area contributed by atoms with Gasteiger partial charge in [0.25, 0.3) is 5.91 Å². The summed E-state index contributed by atoms with van der Waals surface area (Å²) in [6.45, 7) is 7.30. The van der Waals surface area contributed by atoms with Crippen molar-refractivity contribution in [2.45, 2.75) is 40.2 Å². The van der Waals surface area contributed by atoms with Crippen molar-refractivity contribution in [1.82, 2.24) is 9.88 Å². The molecule has 1 atom stereocenters. The molecule has 150 valence electrons. The van der Waals surface area contributed by atoms with Crippen LogP contribution in [0.15, 0.2) is 6.07 Å². The molecule has 0 N–H and O–H groups in total. The second kappa shape index (κ2) is 8.56. The highest BCUT2D eigenvalue weighted by molar-refractivity contribution is 7.91. The number of esters is 1. The quantitative estimate of drug-likeness (QED) is 0.521. The fourth-order valence-electron chi connectivity index (χ4n) is 3.19. The number of rotatable bonds is 6. The zero-order valence-electron chi connectivity index (χ0n) is 16.0. The molecule has 1 aliphatic heterocycles. The first-order chi connectivity index (χ1) is 12.5. The topological polar surface area (TPSA) is 93.6 Å². The van der Waals surface area contributed by atoms with E-state index < -0.39 is 28.3 Å². The molecule has 27 heavy (non-hydrogen) atoms. The van der Waals surface area contributed by atoms with E-state index in [2.05, 4.69) is 4.98 Å². The van der Waals surface area contributed by atoms with Crippen LogP contribution in [0.4, 0.5) is 0 Å². The molecule has 1 fully saturated rings. The highest BCUT2D eigenvalue weighted by Gasteiger charge is 2.35. The van der Waals surface area contributed by atoms with Gasteiger partial charge in [-0.15, -0.1) is 0 Å². The van der Waals surface area contributed by atoms with E-state index in [1.807, 2.05) is 13.8 Å². The van der Waals surface area contributed by atoms with Crippen molar-refractivity contribution in [2.24, 2.45) is 5.92 Å². The van der Waals surface area contributed by atoms with Gasteiger partial charge in [-0.2, -0.15) is 0 Å². The third kappa shape index (κ3) is 5.65. The largest absolute Gasteiger partial charge is 0.452 e. The average Bonchev–Trinajstić information content (AvgIpc) is 2.89. The van der Waals surface area contributed by atoms with Gasteiger partial charge in [-0.25, -0.2) is 18.2 Å². The Hall–Kier alpha value is -1.67. The fraction of sp³-hybridized carbons (Fsp3) is 0.611. The third-order valence-electron chi connectivity index (χ3n) is 4.36. The number of ether oxygens (including phenoxy) is 1. The van der Waals surface area contributed by atoms with Gasteiger partial charge >= 0.3 is 5.97 Å². The highest BCUT2D eigenvalue weighted by atomic mass is 35.5. The lowest BCUT2D eigenvalue weighted by atomic mass is 10.1. The lowest BCUT2D eigenvalue weighted by Crippen LogP contribution is -2.45. The van der Waals surface area contributed by atoms with Crippen molar-refractivity contribution in [3.8, 4) is 0 Å². The van der Waals surface area contributed by atoms with Crippen molar-refractivity contribution in [2.75, 3.05) is 24.7 Å². The van der Waals surface area contributed by atoms with Crippen LogP contribution in [0.1, 0.15) is 41.9 Å². The number of hydrogen-bond donors (Lipinski definition) is 0. The number of carbonyl (C=O) groups excluding carboxylic acids is 2. The highest BCUT2D eigenvalue weighted by Crippen LogP contribution is 2.21. The summed E-state index contributed by atoms with van der Waals surface area (Å²) >= 11 is 6.04. The van der Waals surface area contributed by atoms with Gasteiger partial charge in [0.05, 0.1) is 17.1 Å². The molecule has 0 spiro atoms. The Balaban J connectivity index is 2.08. The predicted molar refractivity (Wildman–Crippen MR) is 103 cm³/mol. The minimum Gasteiger partial charge on any atom is -0.452 e. The van der Waals surface area contributed by atoms with Crippen LogP contribution in [0.2, 0.25) is 5.15 Å². The first-order valence-electron chi connectivity index (χ1n) is 8.81. The van der Waals surface area contributed by atoms with Gasteiger partial charge in [0.15, 0.2) is 16.4 Å². The Labute approximate surface area is 165 Å². The van der Waals surface area contributed by atoms with Crippen molar-refractivity contribution >= 4 is 33.3 Å². The van der Waals surface area contributed by atoms with E-state index in [1.54, 1.807) is 19.9 Å². The zero-order chi connectivity index (χ0) is 20.4. The Kier molecular flexibility index (Phi) is 6.86. The lowest BCUT2D eigenvalue weighted by Gasteiger charge is -2.29. The van der Waals surface area contributed by atoms with Crippen LogP contribution in [0.3, 0.4) is 0 Å². The number of carbonyl (C=O) groups is 2. The second-order valence-corrected chi connectivity index (χ2v) is 9.91. The molecule has 1 aromatic rings. The summed E-state index contributed by atoms with van der Waals surface area (Å²) in [6.07, 6.45) is 0.404. The van der Waals surface area contributed by atoms with Crippen LogP contribution in [0, 0.1) is 19.8 Å². The molecular formula is C18H25ClN2O5S. The van der Waals surface area contributed by atoms with Crippen molar-refractivity contribution in [3.63, 3.8) is 0 Å². The summed E-state index contributed by atoms with van der Waals surface area (Å²) < 4.78 is 28.7. The van der Waals surface area contributed by atoms with Crippen LogP contribution in [0.5, 0.6) is 0 Å². The number of sulfone groups is 1. The van der Waals surface area contributed by atoms with Gasteiger partial charge in [-0.1, -0.05) is 25.4 Å². The molecule has 7 nitrogen and oxygen atoms in total. The molecule has 2 rings (SSSR count). The van der Waals surface area contributed by atoms with Gasteiger partial charge in [0, 0.05) is 18.3 Å². The van der Waals surface area contributed by atoms with E-state index in [0.29, 0.717) is 24.2 Å². The van der Waals surface area contributed by atoms with Crippen molar-refractivity contribution in [1.29, 1.82) is 0 Å². The number of aryl methyl sites for hydroxylation is 2. The average molecular weight is 417 g/mol.